The van der Waals surface area contributed by atoms with Crippen molar-refractivity contribution in [2.24, 2.45) is 13.0 Å². The molecule has 0 radical (unpaired) electrons. The number of nitrogens with zero attached hydrogens (tertiary/aromatic N) is 5. The van der Waals surface area contributed by atoms with E-state index in [0.29, 0.717) is 18.0 Å². The normalized spacial score (nSPS) is 27.3. The Morgan fingerprint density at radius 1 is 1.50 bits per heavy atom. The Kier molecular flexibility index (Phi) is 4.29. The minimum absolute atomic E-state index is 0.530. The lowest BCUT2D eigenvalue weighted by atomic mass is 9.95. The van der Waals surface area contributed by atoms with Gasteiger partial charge in [0.1, 0.15) is 0 Å². The molecule has 1 aliphatic heterocycles. The van der Waals surface area contributed by atoms with Crippen molar-refractivity contribution < 1.29 is 0 Å². The summed E-state index contributed by atoms with van der Waals surface area (Å²) >= 11 is 0. The average Bonchev–Trinajstić information content (AvgIpc) is 2.74. The fraction of sp³-hybridized carbons (Fsp3) is 0.917. The lowest BCUT2D eigenvalue weighted by molar-refractivity contribution is 0.0859. The summed E-state index contributed by atoms with van der Waals surface area (Å²) in [5, 5.41) is 15.8. The molecule has 2 rings (SSSR count). The molecule has 3 atom stereocenters. The first-order chi connectivity index (χ1) is 8.60. The average molecular weight is 252 g/mol. The lowest BCUT2D eigenvalue weighted by Gasteiger charge is -2.41. The summed E-state index contributed by atoms with van der Waals surface area (Å²) < 4.78 is 0. The molecule has 0 aliphatic carbocycles. The molecule has 6 heteroatoms. The molecule has 0 saturated carbocycles. The predicted molar refractivity (Wildman–Crippen MR) is 69.9 cm³/mol. The van der Waals surface area contributed by atoms with Crippen molar-refractivity contribution in [3.05, 3.63) is 5.82 Å². The first-order valence-corrected chi connectivity index (χ1v) is 6.80. The van der Waals surface area contributed by atoms with Crippen LogP contribution in [-0.2, 0) is 13.6 Å². The smallest absolute Gasteiger partial charge is 0.188 e. The van der Waals surface area contributed by atoms with Gasteiger partial charge in [-0.25, -0.2) is 0 Å². The van der Waals surface area contributed by atoms with Crippen molar-refractivity contribution in [3.63, 3.8) is 0 Å². The molecule has 2 heterocycles. The lowest BCUT2D eigenvalue weighted by Crippen LogP contribution is -2.57. The van der Waals surface area contributed by atoms with Gasteiger partial charge in [-0.3, -0.25) is 4.90 Å². The summed E-state index contributed by atoms with van der Waals surface area (Å²) in [4.78, 5) is 4.02. The van der Waals surface area contributed by atoms with E-state index in [1.54, 1.807) is 0 Å². The van der Waals surface area contributed by atoms with Gasteiger partial charge < -0.3 is 5.32 Å². The van der Waals surface area contributed by atoms with Gasteiger partial charge in [0.25, 0.3) is 0 Å². The van der Waals surface area contributed by atoms with Crippen LogP contribution < -0.4 is 5.32 Å². The molecule has 1 saturated heterocycles. The van der Waals surface area contributed by atoms with E-state index in [4.69, 9.17) is 0 Å². The Morgan fingerprint density at radius 3 is 2.89 bits per heavy atom. The van der Waals surface area contributed by atoms with Crippen molar-refractivity contribution >= 4 is 0 Å². The second-order valence-corrected chi connectivity index (χ2v) is 5.39. The maximum atomic E-state index is 4.28. The quantitative estimate of drug-likeness (QED) is 0.841. The largest absolute Gasteiger partial charge is 0.311 e. The maximum absolute atomic E-state index is 4.28. The molecule has 1 fully saturated rings. The van der Waals surface area contributed by atoms with Crippen LogP contribution in [0, 0.1) is 5.92 Å². The van der Waals surface area contributed by atoms with Crippen LogP contribution in [-0.4, -0.2) is 50.3 Å². The Morgan fingerprint density at radius 2 is 2.28 bits per heavy atom. The summed E-state index contributed by atoms with van der Waals surface area (Å²) in [6.07, 6.45) is 1.20. The molecule has 102 valence electrons. The third-order valence-electron chi connectivity index (χ3n) is 3.85. The van der Waals surface area contributed by atoms with Crippen molar-refractivity contribution in [1.29, 1.82) is 0 Å². The van der Waals surface area contributed by atoms with Crippen LogP contribution in [0.2, 0.25) is 0 Å². The zero-order valence-corrected chi connectivity index (χ0v) is 11.8. The Hall–Kier alpha value is -1.01. The predicted octanol–water partition coefficient (Wildman–Crippen LogP) is 0.419. The Balaban J connectivity index is 2.05. The van der Waals surface area contributed by atoms with Gasteiger partial charge in [0.05, 0.1) is 13.6 Å². The minimum atomic E-state index is 0.530. The molecule has 0 aromatic carbocycles. The standard InChI is InChI=1S/C12H24N6/c1-5-9(2)11-6-13-10(3)7-18(11)8-12-14-16-17(4)15-12/h9-11,13H,5-8H2,1-4H3. The number of aromatic nitrogens is 4. The number of aryl methyl sites for hydroxylation is 1. The van der Waals surface area contributed by atoms with Gasteiger partial charge in [0.15, 0.2) is 5.82 Å². The van der Waals surface area contributed by atoms with E-state index < -0.39 is 0 Å². The SMILES string of the molecule is CCC(C)C1CNC(C)CN1Cc1nnn(C)n1. The van der Waals surface area contributed by atoms with Crippen LogP contribution in [0.15, 0.2) is 0 Å². The van der Waals surface area contributed by atoms with Crippen LogP contribution in [0.3, 0.4) is 0 Å². The fourth-order valence-electron chi connectivity index (χ4n) is 2.59. The Bertz CT molecular complexity index is 376. The van der Waals surface area contributed by atoms with E-state index in [0.717, 1.165) is 25.5 Å². The van der Waals surface area contributed by atoms with Gasteiger partial charge in [-0.05, 0) is 18.1 Å². The second-order valence-electron chi connectivity index (χ2n) is 5.39. The highest BCUT2D eigenvalue weighted by Crippen LogP contribution is 2.19. The number of hydrogen-bond donors (Lipinski definition) is 1. The fourth-order valence-corrected chi connectivity index (χ4v) is 2.59. The molecule has 3 unspecified atom stereocenters. The molecular formula is C12H24N6. The number of tetrazole rings is 1. The summed E-state index contributed by atoms with van der Waals surface area (Å²) in [5.41, 5.74) is 0. The van der Waals surface area contributed by atoms with Crippen LogP contribution in [0.1, 0.15) is 33.0 Å². The summed E-state index contributed by atoms with van der Waals surface area (Å²) in [6, 6.07) is 1.09. The zero-order chi connectivity index (χ0) is 13.1. The third kappa shape index (κ3) is 3.05. The highest BCUT2D eigenvalue weighted by Gasteiger charge is 2.29. The van der Waals surface area contributed by atoms with E-state index in [-0.39, 0.29) is 0 Å². The molecule has 1 aliphatic rings. The van der Waals surface area contributed by atoms with Crippen molar-refractivity contribution in [2.75, 3.05) is 13.1 Å². The summed E-state index contributed by atoms with van der Waals surface area (Å²) in [7, 11) is 1.81. The van der Waals surface area contributed by atoms with Crippen LogP contribution in [0.4, 0.5) is 0 Å². The van der Waals surface area contributed by atoms with E-state index in [1.165, 1.54) is 11.2 Å². The molecule has 6 nitrogen and oxygen atoms in total. The third-order valence-corrected chi connectivity index (χ3v) is 3.85. The zero-order valence-electron chi connectivity index (χ0n) is 11.8. The molecule has 0 bridgehead atoms. The van der Waals surface area contributed by atoms with Crippen LogP contribution in [0.25, 0.3) is 0 Å². The minimum Gasteiger partial charge on any atom is -0.311 e. The second kappa shape index (κ2) is 5.75. The maximum Gasteiger partial charge on any atom is 0.188 e. The number of piperazine rings is 1. The molecule has 18 heavy (non-hydrogen) atoms. The van der Waals surface area contributed by atoms with E-state index >= 15 is 0 Å². The van der Waals surface area contributed by atoms with Gasteiger partial charge in [-0.15, -0.1) is 10.2 Å². The summed E-state index contributed by atoms with van der Waals surface area (Å²) in [5.74, 6) is 1.50. The van der Waals surface area contributed by atoms with Crippen molar-refractivity contribution in [2.45, 2.75) is 45.8 Å². The van der Waals surface area contributed by atoms with Crippen LogP contribution >= 0.6 is 0 Å². The molecule has 0 spiro atoms. The molecule has 1 aromatic rings. The van der Waals surface area contributed by atoms with E-state index in [9.17, 15) is 0 Å². The van der Waals surface area contributed by atoms with Gasteiger partial charge >= 0.3 is 0 Å². The highest BCUT2D eigenvalue weighted by molar-refractivity contribution is 4.90. The van der Waals surface area contributed by atoms with Crippen molar-refractivity contribution in [3.8, 4) is 0 Å². The first-order valence-electron chi connectivity index (χ1n) is 6.80. The van der Waals surface area contributed by atoms with Crippen molar-refractivity contribution in [1.82, 2.24) is 30.4 Å². The van der Waals surface area contributed by atoms with Gasteiger partial charge in [-0.1, -0.05) is 20.3 Å². The molecule has 1 aromatic heterocycles. The summed E-state index contributed by atoms with van der Waals surface area (Å²) in [6.45, 7) is 9.70. The van der Waals surface area contributed by atoms with Crippen LogP contribution in [0.5, 0.6) is 0 Å². The monoisotopic (exact) mass is 252 g/mol. The molecular weight excluding hydrogens is 228 g/mol. The van der Waals surface area contributed by atoms with Gasteiger partial charge in [0, 0.05) is 25.2 Å². The van der Waals surface area contributed by atoms with Gasteiger partial charge in [-0.2, -0.15) is 4.80 Å². The number of rotatable bonds is 4. The number of hydrogen-bond acceptors (Lipinski definition) is 5. The van der Waals surface area contributed by atoms with Gasteiger partial charge in [0.2, 0.25) is 0 Å². The molecule has 0 amide bonds. The van der Waals surface area contributed by atoms with E-state index in [2.05, 4.69) is 46.4 Å². The first kappa shape index (κ1) is 13.4. The molecule has 1 N–H and O–H groups in total. The van der Waals surface area contributed by atoms with E-state index in [1.807, 2.05) is 7.05 Å². The number of nitrogens with one attached hydrogen (secondary N) is 1. The topological polar surface area (TPSA) is 58.9 Å². The Labute approximate surface area is 109 Å². The highest BCUT2D eigenvalue weighted by atomic mass is 15.6.